The molecular formula is C17H24BrN2O2+. The van der Waals surface area contributed by atoms with Crippen LogP contribution >= 0.6 is 15.9 Å². The number of carbonyl (C=O) groups is 1. The SMILES string of the molecule is O=C(COc1ccc(Br)cc1)N1CC[NH+](C2CCCC2)CC1. The van der Waals surface area contributed by atoms with Gasteiger partial charge in [-0.15, -0.1) is 0 Å². The van der Waals surface area contributed by atoms with E-state index in [1.807, 2.05) is 29.2 Å². The molecule has 22 heavy (non-hydrogen) atoms. The molecule has 2 aliphatic rings. The quantitative estimate of drug-likeness (QED) is 0.874. The van der Waals surface area contributed by atoms with Gasteiger partial charge in [0, 0.05) is 4.47 Å². The van der Waals surface area contributed by atoms with Gasteiger partial charge in [-0.25, -0.2) is 0 Å². The van der Waals surface area contributed by atoms with Crippen molar-refractivity contribution in [3.05, 3.63) is 28.7 Å². The van der Waals surface area contributed by atoms with E-state index < -0.39 is 0 Å². The number of rotatable bonds is 4. The predicted octanol–water partition coefficient (Wildman–Crippen LogP) is 1.50. The van der Waals surface area contributed by atoms with Gasteiger partial charge in [0.05, 0.1) is 32.2 Å². The van der Waals surface area contributed by atoms with E-state index in [4.69, 9.17) is 4.74 Å². The van der Waals surface area contributed by atoms with Crippen LogP contribution in [0.2, 0.25) is 0 Å². The van der Waals surface area contributed by atoms with Gasteiger partial charge in [0.2, 0.25) is 0 Å². The Kier molecular flexibility index (Phi) is 5.37. The van der Waals surface area contributed by atoms with E-state index in [1.165, 1.54) is 25.7 Å². The Hall–Kier alpha value is -1.07. The van der Waals surface area contributed by atoms with Crippen LogP contribution in [-0.4, -0.2) is 49.6 Å². The van der Waals surface area contributed by atoms with Crippen LogP contribution in [0, 0.1) is 0 Å². The van der Waals surface area contributed by atoms with Crippen LogP contribution in [-0.2, 0) is 4.79 Å². The minimum Gasteiger partial charge on any atom is -0.484 e. The molecular weight excluding hydrogens is 344 g/mol. The molecule has 2 fully saturated rings. The van der Waals surface area contributed by atoms with Crippen molar-refractivity contribution in [1.82, 2.24) is 4.90 Å². The topological polar surface area (TPSA) is 34.0 Å². The first-order chi connectivity index (χ1) is 10.7. The maximum Gasteiger partial charge on any atom is 0.260 e. The normalized spacial score (nSPS) is 20.3. The molecule has 1 amide bonds. The van der Waals surface area contributed by atoms with E-state index >= 15 is 0 Å². The molecule has 0 spiro atoms. The highest BCUT2D eigenvalue weighted by Gasteiger charge is 2.30. The van der Waals surface area contributed by atoms with Gasteiger partial charge in [-0.1, -0.05) is 15.9 Å². The minimum atomic E-state index is 0.105. The van der Waals surface area contributed by atoms with Gasteiger partial charge in [0.1, 0.15) is 5.75 Å². The Morgan fingerprint density at radius 1 is 1.18 bits per heavy atom. The summed E-state index contributed by atoms with van der Waals surface area (Å²) < 4.78 is 6.60. The lowest BCUT2D eigenvalue weighted by molar-refractivity contribution is -0.928. The highest BCUT2D eigenvalue weighted by molar-refractivity contribution is 9.10. The van der Waals surface area contributed by atoms with Gasteiger partial charge in [-0.2, -0.15) is 0 Å². The van der Waals surface area contributed by atoms with Crippen molar-refractivity contribution in [2.24, 2.45) is 0 Å². The fourth-order valence-electron chi connectivity index (χ4n) is 3.55. The van der Waals surface area contributed by atoms with Crippen LogP contribution in [0.5, 0.6) is 5.75 Å². The summed E-state index contributed by atoms with van der Waals surface area (Å²) in [6, 6.07) is 8.43. The molecule has 5 heteroatoms. The highest BCUT2D eigenvalue weighted by atomic mass is 79.9. The first-order valence-corrected chi connectivity index (χ1v) is 9.02. The van der Waals surface area contributed by atoms with Gasteiger partial charge >= 0.3 is 0 Å². The summed E-state index contributed by atoms with van der Waals surface area (Å²) in [4.78, 5) is 15.9. The number of carbonyl (C=O) groups excluding carboxylic acids is 1. The van der Waals surface area contributed by atoms with E-state index in [1.54, 1.807) is 4.90 Å². The smallest absolute Gasteiger partial charge is 0.260 e. The third-order valence-electron chi connectivity index (χ3n) is 4.87. The second-order valence-electron chi connectivity index (χ2n) is 6.26. The minimum absolute atomic E-state index is 0.105. The largest absolute Gasteiger partial charge is 0.484 e. The fraction of sp³-hybridized carbons (Fsp3) is 0.588. The summed E-state index contributed by atoms with van der Waals surface area (Å²) in [6.07, 6.45) is 5.52. The maximum atomic E-state index is 12.2. The second kappa shape index (κ2) is 7.47. The average Bonchev–Trinajstić information content (AvgIpc) is 3.09. The Morgan fingerprint density at radius 3 is 2.45 bits per heavy atom. The monoisotopic (exact) mass is 367 g/mol. The van der Waals surface area contributed by atoms with Gasteiger partial charge in [-0.05, 0) is 49.9 Å². The number of hydrogen-bond acceptors (Lipinski definition) is 2. The van der Waals surface area contributed by atoms with Crippen molar-refractivity contribution < 1.29 is 14.4 Å². The van der Waals surface area contributed by atoms with Gasteiger partial charge < -0.3 is 14.5 Å². The second-order valence-corrected chi connectivity index (χ2v) is 7.18. The van der Waals surface area contributed by atoms with Crippen molar-refractivity contribution in [2.75, 3.05) is 32.8 Å². The number of quaternary nitrogens is 1. The lowest BCUT2D eigenvalue weighted by Crippen LogP contribution is -3.18. The van der Waals surface area contributed by atoms with Crippen LogP contribution in [0.3, 0.4) is 0 Å². The molecule has 0 atom stereocenters. The molecule has 1 aromatic rings. The molecule has 1 heterocycles. The Balaban J connectivity index is 1.42. The van der Waals surface area contributed by atoms with E-state index in [0.717, 1.165) is 42.4 Å². The highest BCUT2D eigenvalue weighted by Crippen LogP contribution is 2.17. The molecule has 1 saturated carbocycles. The third kappa shape index (κ3) is 4.02. The van der Waals surface area contributed by atoms with E-state index in [2.05, 4.69) is 15.9 Å². The van der Waals surface area contributed by atoms with Crippen LogP contribution in [0.1, 0.15) is 25.7 Å². The first-order valence-electron chi connectivity index (χ1n) is 8.23. The number of benzene rings is 1. The number of nitrogens with one attached hydrogen (secondary N) is 1. The molecule has 1 N–H and O–H groups in total. The van der Waals surface area contributed by atoms with Crippen LogP contribution in [0.25, 0.3) is 0 Å². The summed E-state index contributed by atoms with van der Waals surface area (Å²) in [7, 11) is 0. The van der Waals surface area contributed by atoms with Crippen molar-refractivity contribution in [2.45, 2.75) is 31.7 Å². The van der Waals surface area contributed by atoms with Crippen molar-refractivity contribution in [1.29, 1.82) is 0 Å². The summed E-state index contributed by atoms with van der Waals surface area (Å²) in [5, 5.41) is 0. The molecule has 1 saturated heterocycles. The molecule has 0 unspecified atom stereocenters. The zero-order valence-electron chi connectivity index (χ0n) is 12.9. The lowest BCUT2D eigenvalue weighted by atomic mass is 10.2. The molecule has 0 bridgehead atoms. The van der Waals surface area contributed by atoms with Gasteiger partial charge in [-0.3, -0.25) is 4.79 Å². The molecule has 0 aromatic heterocycles. The van der Waals surface area contributed by atoms with E-state index in [-0.39, 0.29) is 12.5 Å². The predicted molar refractivity (Wildman–Crippen MR) is 89.2 cm³/mol. The molecule has 1 aromatic carbocycles. The Labute approximate surface area is 140 Å². The van der Waals surface area contributed by atoms with Crippen molar-refractivity contribution in [3.8, 4) is 5.75 Å². The van der Waals surface area contributed by atoms with Crippen LogP contribution in [0.15, 0.2) is 28.7 Å². The van der Waals surface area contributed by atoms with Crippen molar-refractivity contribution >= 4 is 21.8 Å². The molecule has 1 aliphatic carbocycles. The molecule has 3 rings (SSSR count). The van der Waals surface area contributed by atoms with Gasteiger partial charge in [0.25, 0.3) is 5.91 Å². The number of halogens is 1. The molecule has 4 nitrogen and oxygen atoms in total. The Bertz CT molecular complexity index is 492. The molecule has 1 aliphatic heterocycles. The number of hydrogen-bond donors (Lipinski definition) is 1. The Morgan fingerprint density at radius 2 is 1.82 bits per heavy atom. The lowest BCUT2D eigenvalue weighted by Gasteiger charge is -2.35. The number of piperazine rings is 1. The third-order valence-corrected chi connectivity index (χ3v) is 5.40. The van der Waals surface area contributed by atoms with E-state index in [0.29, 0.717) is 0 Å². The summed E-state index contributed by atoms with van der Waals surface area (Å²) >= 11 is 3.39. The number of amides is 1. The summed E-state index contributed by atoms with van der Waals surface area (Å²) in [5.74, 6) is 0.847. The zero-order chi connectivity index (χ0) is 15.4. The zero-order valence-corrected chi connectivity index (χ0v) is 14.5. The molecule has 120 valence electrons. The maximum absolute atomic E-state index is 12.2. The standard InChI is InChI=1S/C17H23BrN2O2/c18-14-5-7-16(8-6-14)22-13-17(21)20-11-9-19(10-12-20)15-3-1-2-4-15/h5-8,15H,1-4,9-13H2/p+1. The van der Waals surface area contributed by atoms with E-state index in [9.17, 15) is 4.79 Å². The average molecular weight is 368 g/mol. The summed E-state index contributed by atoms with van der Waals surface area (Å²) in [5.41, 5.74) is 0. The fourth-order valence-corrected chi connectivity index (χ4v) is 3.82. The molecule has 0 radical (unpaired) electrons. The van der Waals surface area contributed by atoms with Crippen LogP contribution < -0.4 is 9.64 Å². The summed E-state index contributed by atoms with van der Waals surface area (Å²) in [6.45, 7) is 4.06. The van der Waals surface area contributed by atoms with Gasteiger partial charge in [0.15, 0.2) is 6.61 Å². The van der Waals surface area contributed by atoms with Crippen molar-refractivity contribution in [3.63, 3.8) is 0 Å². The number of nitrogens with zero attached hydrogens (tertiary/aromatic N) is 1. The van der Waals surface area contributed by atoms with Crippen LogP contribution in [0.4, 0.5) is 0 Å². The number of ether oxygens (including phenoxy) is 1. The first kappa shape index (κ1) is 15.8.